The lowest BCUT2D eigenvalue weighted by Gasteiger charge is -2.23. The van der Waals surface area contributed by atoms with Crippen LogP contribution in [0.25, 0.3) is 11.0 Å². The lowest BCUT2D eigenvalue weighted by molar-refractivity contribution is -0.0459. The molecule has 3 rings (SSSR count). The van der Waals surface area contributed by atoms with Crippen LogP contribution in [0.1, 0.15) is 25.0 Å². The van der Waals surface area contributed by atoms with Gasteiger partial charge >= 0.3 is 0 Å². The van der Waals surface area contributed by atoms with E-state index in [-0.39, 0.29) is 12.7 Å². The Hall–Kier alpha value is -1.70. The van der Waals surface area contributed by atoms with Crippen molar-refractivity contribution >= 4 is 16.9 Å². The van der Waals surface area contributed by atoms with E-state index in [9.17, 15) is 10.2 Å². The smallest absolute Gasteiger partial charge is 0.151 e. The maximum absolute atomic E-state index is 10.4. The molecule has 7 nitrogen and oxygen atoms in total. The van der Waals surface area contributed by atoms with E-state index >= 15 is 0 Å². The molecular formula is C12H16N4O3. The minimum atomic E-state index is -1.05. The maximum Gasteiger partial charge on any atom is 0.151 e. The SMILES string of the molecule is CC1(O)C[C@@H](CO)O[C@H]1c1c[nH]c2c(N)ncnc12. The molecule has 0 spiro atoms. The van der Waals surface area contributed by atoms with Gasteiger partial charge in [0.05, 0.1) is 23.8 Å². The Labute approximate surface area is 109 Å². The summed E-state index contributed by atoms with van der Waals surface area (Å²) < 4.78 is 5.70. The largest absolute Gasteiger partial charge is 0.394 e. The number of anilines is 1. The number of aliphatic hydroxyl groups excluding tert-OH is 1. The lowest BCUT2D eigenvalue weighted by atomic mass is 9.92. The molecule has 1 aliphatic rings. The summed E-state index contributed by atoms with van der Waals surface area (Å²) in [5.74, 6) is 0.354. The van der Waals surface area contributed by atoms with Crippen LogP contribution in [-0.4, -0.2) is 43.5 Å². The van der Waals surface area contributed by atoms with Crippen molar-refractivity contribution in [1.82, 2.24) is 15.0 Å². The van der Waals surface area contributed by atoms with Gasteiger partial charge in [0.1, 0.15) is 17.9 Å². The van der Waals surface area contributed by atoms with Crippen LogP contribution in [-0.2, 0) is 4.74 Å². The van der Waals surface area contributed by atoms with E-state index in [0.717, 1.165) is 5.56 Å². The number of nitrogens with one attached hydrogen (secondary N) is 1. The first-order chi connectivity index (χ1) is 9.03. The minimum Gasteiger partial charge on any atom is -0.394 e. The summed E-state index contributed by atoms with van der Waals surface area (Å²) in [4.78, 5) is 11.1. The Balaban J connectivity index is 2.07. The Morgan fingerprint density at radius 3 is 3.05 bits per heavy atom. The number of hydrogen-bond donors (Lipinski definition) is 4. The first-order valence-corrected chi connectivity index (χ1v) is 6.09. The Morgan fingerprint density at radius 1 is 1.58 bits per heavy atom. The van der Waals surface area contributed by atoms with E-state index < -0.39 is 11.7 Å². The molecule has 1 unspecified atom stereocenters. The minimum absolute atomic E-state index is 0.119. The van der Waals surface area contributed by atoms with Crippen molar-refractivity contribution in [2.45, 2.75) is 31.2 Å². The fourth-order valence-corrected chi connectivity index (χ4v) is 2.65. The second kappa shape index (κ2) is 4.16. The van der Waals surface area contributed by atoms with Gasteiger partial charge in [0.25, 0.3) is 0 Å². The van der Waals surface area contributed by atoms with Crippen molar-refractivity contribution in [2.24, 2.45) is 0 Å². The fraction of sp³-hybridized carbons (Fsp3) is 0.500. The number of hydrogen-bond acceptors (Lipinski definition) is 6. The highest BCUT2D eigenvalue weighted by molar-refractivity contribution is 5.87. The number of aliphatic hydroxyl groups is 2. The van der Waals surface area contributed by atoms with Gasteiger partial charge < -0.3 is 25.7 Å². The molecular weight excluding hydrogens is 248 g/mol. The van der Waals surface area contributed by atoms with E-state index in [0.29, 0.717) is 23.3 Å². The molecule has 3 atom stereocenters. The summed E-state index contributed by atoms with van der Waals surface area (Å²) in [7, 11) is 0. The molecule has 5 N–H and O–H groups in total. The average molecular weight is 264 g/mol. The van der Waals surface area contributed by atoms with Gasteiger partial charge in [0, 0.05) is 18.2 Å². The molecule has 0 amide bonds. The molecule has 0 saturated carbocycles. The van der Waals surface area contributed by atoms with Crippen molar-refractivity contribution in [3.8, 4) is 0 Å². The predicted octanol–water partition coefficient (Wildman–Crippen LogP) is 0.113. The Bertz CT molecular complexity index is 610. The van der Waals surface area contributed by atoms with Crippen LogP contribution in [0.15, 0.2) is 12.5 Å². The van der Waals surface area contributed by atoms with Gasteiger partial charge in [-0.25, -0.2) is 9.97 Å². The lowest BCUT2D eigenvalue weighted by Crippen LogP contribution is -2.28. The van der Waals surface area contributed by atoms with Gasteiger partial charge in [-0.15, -0.1) is 0 Å². The number of H-pyrrole nitrogens is 1. The maximum atomic E-state index is 10.4. The fourth-order valence-electron chi connectivity index (χ4n) is 2.65. The van der Waals surface area contributed by atoms with Crippen LogP contribution >= 0.6 is 0 Å². The van der Waals surface area contributed by atoms with Crippen LogP contribution in [0.2, 0.25) is 0 Å². The van der Waals surface area contributed by atoms with Crippen molar-refractivity contribution in [3.63, 3.8) is 0 Å². The summed E-state index contributed by atoms with van der Waals surface area (Å²) >= 11 is 0. The Morgan fingerprint density at radius 2 is 2.37 bits per heavy atom. The highest BCUT2D eigenvalue weighted by Crippen LogP contribution is 2.43. The summed E-state index contributed by atoms with van der Waals surface area (Å²) in [6.45, 7) is 1.57. The summed E-state index contributed by atoms with van der Waals surface area (Å²) in [5.41, 5.74) is 6.70. The third-order valence-corrected chi connectivity index (χ3v) is 3.54. The van der Waals surface area contributed by atoms with Crippen molar-refractivity contribution < 1.29 is 14.9 Å². The molecule has 102 valence electrons. The number of nitrogens with two attached hydrogens (primary N) is 1. The molecule has 1 fully saturated rings. The highest BCUT2D eigenvalue weighted by atomic mass is 16.5. The third kappa shape index (κ3) is 1.86. The third-order valence-electron chi connectivity index (χ3n) is 3.54. The number of fused-ring (bicyclic) bond motifs is 1. The zero-order chi connectivity index (χ0) is 13.6. The van der Waals surface area contributed by atoms with Gasteiger partial charge in [0.2, 0.25) is 0 Å². The Kier molecular flexibility index (Phi) is 2.70. The number of rotatable bonds is 2. The zero-order valence-electron chi connectivity index (χ0n) is 10.5. The van der Waals surface area contributed by atoms with Crippen molar-refractivity contribution in [2.75, 3.05) is 12.3 Å². The van der Waals surface area contributed by atoms with Crippen molar-refractivity contribution in [3.05, 3.63) is 18.1 Å². The van der Waals surface area contributed by atoms with Gasteiger partial charge in [-0.3, -0.25) is 0 Å². The number of aromatic amines is 1. The average Bonchev–Trinajstić information content (AvgIpc) is 2.90. The number of aromatic nitrogens is 3. The second-order valence-electron chi connectivity index (χ2n) is 5.11. The number of nitrogens with zero attached hydrogens (tertiary/aromatic N) is 2. The quantitative estimate of drug-likeness (QED) is 0.611. The highest BCUT2D eigenvalue weighted by Gasteiger charge is 2.45. The van der Waals surface area contributed by atoms with Gasteiger partial charge in [-0.2, -0.15) is 0 Å². The summed E-state index contributed by atoms with van der Waals surface area (Å²) in [6.07, 6.45) is 2.55. The topological polar surface area (TPSA) is 117 Å². The number of nitrogen functional groups attached to an aromatic ring is 1. The molecule has 1 saturated heterocycles. The molecule has 7 heteroatoms. The molecule has 0 radical (unpaired) electrons. The molecule has 3 heterocycles. The zero-order valence-corrected chi connectivity index (χ0v) is 10.5. The predicted molar refractivity (Wildman–Crippen MR) is 68.2 cm³/mol. The summed E-state index contributed by atoms with van der Waals surface area (Å²) in [5, 5.41) is 19.6. The molecule has 2 aromatic heterocycles. The van der Waals surface area contributed by atoms with Crippen molar-refractivity contribution in [1.29, 1.82) is 0 Å². The van der Waals surface area contributed by atoms with E-state index in [4.69, 9.17) is 10.5 Å². The molecule has 0 aromatic carbocycles. The van der Waals surface area contributed by atoms with Gasteiger partial charge in [0.15, 0.2) is 5.82 Å². The van der Waals surface area contributed by atoms with Crippen LogP contribution in [0, 0.1) is 0 Å². The molecule has 19 heavy (non-hydrogen) atoms. The second-order valence-corrected chi connectivity index (χ2v) is 5.11. The molecule has 1 aliphatic heterocycles. The monoisotopic (exact) mass is 264 g/mol. The molecule has 0 bridgehead atoms. The first-order valence-electron chi connectivity index (χ1n) is 6.09. The van der Waals surface area contributed by atoms with E-state index in [2.05, 4.69) is 15.0 Å². The molecule has 0 aliphatic carbocycles. The van der Waals surface area contributed by atoms with Crippen LogP contribution in [0.5, 0.6) is 0 Å². The van der Waals surface area contributed by atoms with E-state index in [1.165, 1.54) is 6.33 Å². The van der Waals surface area contributed by atoms with Crippen LogP contribution < -0.4 is 5.73 Å². The van der Waals surface area contributed by atoms with Gasteiger partial charge in [-0.05, 0) is 6.92 Å². The van der Waals surface area contributed by atoms with E-state index in [1.807, 2.05) is 0 Å². The van der Waals surface area contributed by atoms with Crippen LogP contribution in [0.3, 0.4) is 0 Å². The van der Waals surface area contributed by atoms with E-state index in [1.54, 1.807) is 13.1 Å². The van der Waals surface area contributed by atoms with Gasteiger partial charge in [-0.1, -0.05) is 0 Å². The first kappa shape index (κ1) is 12.3. The standard InChI is InChI=1S/C12H16N4O3/c1-12(18)2-6(4-17)19-10(12)7-3-14-9-8(7)15-5-16-11(9)13/h3,5-6,10,14,17-18H,2,4H2,1H3,(H2,13,15,16)/t6-,10-,12?/m0/s1. The summed E-state index contributed by atoms with van der Waals surface area (Å²) in [6, 6.07) is 0. The van der Waals surface area contributed by atoms with Crippen LogP contribution in [0.4, 0.5) is 5.82 Å². The number of ether oxygens (including phenoxy) is 1. The molecule has 2 aromatic rings. The normalized spacial score (nSPS) is 31.1.